The Morgan fingerprint density at radius 1 is 1.19 bits per heavy atom. The molecule has 0 radical (unpaired) electrons. The second-order valence-corrected chi connectivity index (χ2v) is 6.87. The Morgan fingerprint density at radius 2 is 1.75 bits per heavy atom. The normalized spacial score (nSPS) is 12.2. The molecule has 2 atom stereocenters. The molecule has 0 saturated carbocycles. The van der Waals surface area contributed by atoms with Gasteiger partial charge in [-0.15, -0.1) is 0 Å². The number of nitrogens with two attached hydrogens (primary N) is 2. The molecule has 0 heterocycles. The van der Waals surface area contributed by atoms with Crippen LogP contribution in [0.4, 0.5) is 0 Å². The number of carbonyl (C=O) groups is 3. The van der Waals surface area contributed by atoms with Crippen LogP contribution < -0.4 is 26.8 Å². The van der Waals surface area contributed by atoms with Gasteiger partial charge in [-0.3, -0.25) is 14.4 Å². The van der Waals surface area contributed by atoms with Crippen molar-refractivity contribution in [2.45, 2.75) is 72.4 Å². The van der Waals surface area contributed by atoms with Crippen molar-refractivity contribution in [3.8, 4) is 18.2 Å². The van der Waals surface area contributed by atoms with Gasteiger partial charge in [-0.2, -0.15) is 0 Å². The van der Waals surface area contributed by atoms with E-state index in [1.165, 1.54) is 6.92 Å². The monoisotopic (exact) mass is 448 g/mol. The molecule has 1 aromatic carbocycles. The van der Waals surface area contributed by atoms with Crippen molar-refractivity contribution in [3.63, 3.8) is 0 Å². The largest absolute Gasteiger partial charge is 0.492 e. The molecule has 2 amide bonds. The molecule has 1 unspecified atom stereocenters. The van der Waals surface area contributed by atoms with E-state index < -0.39 is 17.5 Å². The number of hydrogen-bond acceptors (Lipinski definition) is 6. The Kier molecular flexibility index (Phi) is 17.1. The number of primary amides is 1. The lowest BCUT2D eigenvalue weighted by atomic mass is 9.94. The summed E-state index contributed by atoms with van der Waals surface area (Å²) in [6.07, 6.45) is 6.59. The lowest BCUT2D eigenvalue weighted by Gasteiger charge is -2.26. The minimum atomic E-state index is -0.674. The third-order valence-corrected chi connectivity index (χ3v) is 4.57. The van der Waals surface area contributed by atoms with Crippen LogP contribution in [0.5, 0.6) is 5.75 Å². The van der Waals surface area contributed by atoms with Gasteiger partial charge in [-0.1, -0.05) is 46.3 Å². The maximum atomic E-state index is 11.1. The van der Waals surface area contributed by atoms with Crippen LogP contribution in [-0.4, -0.2) is 42.3 Å². The number of amides is 2. The Balaban J connectivity index is 0. The molecule has 0 fully saturated rings. The van der Waals surface area contributed by atoms with E-state index in [1.54, 1.807) is 13.8 Å². The van der Waals surface area contributed by atoms with E-state index in [2.05, 4.69) is 16.7 Å². The number of nitrogens with one attached hydrogen (secondary N) is 2. The number of ether oxygens (including phenoxy) is 1. The van der Waals surface area contributed by atoms with Crippen LogP contribution in [0.15, 0.2) is 24.3 Å². The number of hydrogen-bond donors (Lipinski definition) is 4. The van der Waals surface area contributed by atoms with E-state index in [9.17, 15) is 14.4 Å². The first-order chi connectivity index (χ1) is 15.1. The second-order valence-electron chi connectivity index (χ2n) is 6.87. The molecular formula is C24H40N4O4. The van der Waals surface area contributed by atoms with E-state index in [0.717, 1.165) is 11.3 Å². The van der Waals surface area contributed by atoms with Crippen molar-refractivity contribution in [3.05, 3.63) is 29.8 Å². The molecule has 1 aromatic rings. The highest BCUT2D eigenvalue weighted by Gasteiger charge is 2.28. The maximum Gasteiger partial charge on any atom is 0.240 e. The van der Waals surface area contributed by atoms with Crippen LogP contribution in [0, 0.1) is 12.5 Å². The van der Waals surface area contributed by atoms with Gasteiger partial charge in [-0.05, 0) is 38.0 Å². The smallest absolute Gasteiger partial charge is 0.240 e. The Hall–Kier alpha value is -3.05. The highest BCUT2D eigenvalue weighted by molar-refractivity contribution is 5.90. The van der Waals surface area contributed by atoms with Gasteiger partial charge in [0.1, 0.15) is 18.4 Å². The van der Waals surface area contributed by atoms with Crippen molar-refractivity contribution in [1.29, 1.82) is 0 Å². The summed E-state index contributed by atoms with van der Waals surface area (Å²) >= 11 is 0. The van der Waals surface area contributed by atoms with Gasteiger partial charge in [0, 0.05) is 25.4 Å². The van der Waals surface area contributed by atoms with Gasteiger partial charge < -0.3 is 26.8 Å². The van der Waals surface area contributed by atoms with Crippen molar-refractivity contribution < 1.29 is 19.1 Å². The summed E-state index contributed by atoms with van der Waals surface area (Å²) in [6, 6.07) is 9.01. The molecule has 0 bridgehead atoms. The van der Waals surface area contributed by atoms with Crippen molar-refractivity contribution in [1.82, 2.24) is 10.6 Å². The molecule has 0 aliphatic carbocycles. The Labute approximate surface area is 192 Å². The fraction of sp³-hybridized carbons (Fsp3) is 0.542. The van der Waals surface area contributed by atoms with Gasteiger partial charge >= 0.3 is 0 Å². The van der Waals surface area contributed by atoms with E-state index in [-0.39, 0.29) is 11.7 Å². The fourth-order valence-corrected chi connectivity index (χ4v) is 2.28. The number of carbonyl (C=O) groups excluding carboxylic acids is 3. The van der Waals surface area contributed by atoms with E-state index in [1.807, 2.05) is 45.0 Å². The Morgan fingerprint density at radius 3 is 2.12 bits per heavy atom. The van der Waals surface area contributed by atoms with Crippen LogP contribution in [0.2, 0.25) is 0 Å². The average Bonchev–Trinajstić information content (AvgIpc) is 2.79. The third kappa shape index (κ3) is 12.6. The minimum Gasteiger partial charge on any atom is -0.492 e. The van der Waals surface area contributed by atoms with Gasteiger partial charge in [0.2, 0.25) is 11.8 Å². The highest BCUT2D eigenvalue weighted by Crippen LogP contribution is 2.13. The SMILES string of the molecule is C#CN[C@@H](Cc1ccc(OCCN)cc1)C(N)=O.CC.CCC(=O)NC(C)(CC)C(C)=O. The van der Waals surface area contributed by atoms with Gasteiger partial charge in [-0.25, -0.2) is 0 Å². The maximum absolute atomic E-state index is 11.1. The number of terminal acetylenes is 1. The molecule has 1 rings (SSSR count). The van der Waals surface area contributed by atoms with Crippen molar-refractivity contribution in [2.24, 2.45) is 11.5 Å². The molecule has 0 aliphatic rings. The molecule has 180 valence electrons. The number of benzene rings is 1. The summed E-state index contributed by atoms with van der Waals surface area (Å²) in [5, 5.41) is 5.29. The standard InChI is InChI=1S/C13H17N3O2.C9H17NO2.C2H6/c1-2-16-12(13(15)17)9-10-3-5-11(6-4-10)18-8-7-14;1-5-8(12)10-9(4,6-2)7(3)11;1-2/h1,3-6,12,16H,7-9,14H2,(H2,15,17);5-6H2,1-4H3,(H,10,12);1-2H3/t12-;;/m0../s1. The molecular weight excluding hydrogens is 408 g/mol. The van der Waals surface area contributed by atoms with Crippen LogP contribution in [0.1, 0.15) is 59.9 Å². The lowest BCUT2D eigenvalue weighted by molar-refractivity contribution is -0.130. The third-order valence-electron chi connectivity index (χ3n) is 4.57. The summed E-state index contributed by atoms with van der Waals surface area (Å²) in [4.78, 5) is 33.3. The topological polar surface area (TPSA) is 137 Å². The molecule has 0 saturated heterocycles. The predicted octanol–water partition coefficient (Wildman–Crippen LogP) is 1.90. The zero-order valence-corrected chi connectivity index (χ0v) is 20.3. The summed E-state index contributed by atoms with van der Waals surface area (Å²) in [5.74, 6) is 0.197. The molecule has 8 heteroatoms. The van der Waals surface area contributed by atoms with Crippen LogP contribution in [-0.2, 0) is 20.8 Å². The minimum absolute atomic E-state index is 0.00630. The van der Waals surface area contributed by atoms with Crippen LogP contribution in [0.3, 0.4) is 0 Å². The molecule has 6 N–H and O–H groups in total. The van der Waals surface area contributed by atoms with Crippen molar-refractivity contribution >= 4 is 17.6 Å². The first kappa shape index (κ1) is 31.1. The average molecular weight is 449 g/mol. The lowest BCUT2D eigenvalue weighted by Crippen LogP contribution is -2.50. The van der Waals surface area contributed by atoms with Crippen molar-refractivity contribution in [2.75, 3.05) is 13.2 Å². The van der Waals surface area contributed by atoms with Crippen LogP contribution >= 0.6 is 0 Å². The summed E-state index contributed by atoms with van der Waals surface area (Å²) in [5.41, 5.74) is 10.8. The van der Waals surface area contributed by atoms with Gasteiger partial charge in [0.25, 0.3) is 0 Å². The number of rotatable bonds is 11. The van der Waals surface area contributed by atoms with E-state index in [4.69, 9.17) is 22.6 Å². The summed E-state index contributed by atoms with van der Waals surface area (Å²) < 4.78 is 5.35. The second kappa shape index (κ2) is 17.6. The number of Topliss-reactive ketones (excluding diaryl/α,β-unsaturated/α-hetero) is 1. The first-order valence-corrected chi connectivity index (χ1v) is 10.9. The highest BCUT2D eigenvalue weighted by atomic mass is 16.5. The van der Waals surface area contributed by atoms with Crippen LogP contribution in [0.25, 0.3) is 0 Å². The predicted molar refractivity (Wildman–Crippen MR) is 129 cm³/mol. The first-order valence-electron chi connectivity index (χ1n) is 10.9. The van der Waals surface area contributed by atoms with Gasteiger partial charge in [0.15, 0.2) is 5.78 Å². The van der Waals surface area contributed by atoms with Gasteiger partial charge in [0.05, 0.1) is 5.54 Å². The Bertz CT molecular complexity index is 729. The molecule has 0 aliphatic heterocycles. The quantitative estimate of drug-likeness (QED) is 0.301. The molecule has 32 heavy (non-hydrogen) atoms. The number of ketones is 1. The summed E-state index contributed by atoms with van der Waals surface area (Å²) in [7, 11) is 0. The zero-order valence-electron chi connectivity index (χ0n) is 20.3. The zero-order chi connectivity index (χ0) is 25.2. The van der Waals surface area contributed by atoms with E-state index >= 15 is 0 Å². The van der Waals surface area contributed by atoms with E-state index in [0.29, 0.717) is 32.4 Å². The molecule has 0 aromatic heterocycles. The fourth-order valence-electron chi connectivity index (χ4n) is 2.28. The summed E-state index contributed by atoms with van der Waals surface area (Å²) in [6.45, 7) is 11.9. The molecule has 0 spiro atoms. The molecule has 8 nitrogen and oxygen atoms in total.